The summed E-state index contributed by atoms with van der Waals surface area (Å²) in [7, 11) is -5.24. The van der Waals surface area contributed by atoms with Gasteiger partial charge in [-0.25, -0.2) is 83.0 Å². The summed E-state index contributed by atoms with van der Waals surface area (Å²) < 4.78 is 170. The number of rotatable bonds is 29. The first-order valence-electron chi connectivity index (χ1n) is 36.2. The van der Waals surface area contributed by atoms with Crippen molar-refractivity contribution < 1.29 is 82.6 Å². The van der Waals surface area contributed by atoms with Crippen LogP contribution in [0.5, 0.6) is 11.8 Å². The molecule has 4 atom stereocenters. The van der Waals surface area contributed by atoms with Gasteiger partial charge in [-0.3, -0.25) is 4.79 Å². The third kappa shape index (κ3) is 26.5. The molecule has 7 heterocycles. The molecule has 116 heavy (non-hydrogen) atoms. The molecular weight excluding hydrogens is 1570 g/mol. The Kier molecular flexibility index (Phi) is 34.5. The number of pyridine rings is 3. The molecule has 31 heteroatoms. The number of halogens is 6. The Hall–Kier alpha value is -11.0. The summed E-state index contributed by atoms with van der Waals surface area (Å²) in [5, 5.41) is -0.207. The van der Waals surface area contributed by atoms with E-state index in [9.17, 15) is 48.0 Å². The number of H-pyrrole nitrogens is 1. The van der Waals surface area contributed by atoms with E-state index in [0.29, 0.717) is 62.8 Å². The molecule has 0 saturated carbocycles. The molecular formula is C85H87F6N9O13S3. The largest absolute Gasteiger partial charge is 0.479 e. The highest BCUT2D eigenvalue weighted by Crippen LogP contribution is 2.33. The van der Waals surface area contributed by atoms with Crippen LogP contribution in [0.2, 0.25) is 0 Å². The summed E-state index contributed by atoms with van der Waals surface area (Å²) >= 11 is 1.49. The fourth-order valence-electron chi connectivity index (χ4n) is 11.6. The van der Waals surface area contributed by atoms with Gasteiger partial charge in [0.2, 0.25) is 41.7 Å². The lowest BCUT2D eigenvalue weighted by molar-refractivity contribution is 0.0360. The van der Waals surface area contributed by atoms with E-state index >= 15 is 0 Å². The molecule has 0 amide bonds. The van der Waals surface area contributed by atoms with Gasteiger partial charge >= 0.3 is 0 Å². The molecule has 0 radical (unpaired) electrons. The second-order valence-electron chi connectivity index (χ2n) is 26.1. The number of methoxy groups -OCH3 is 2. The predicted octanol–water partition coefficient (Wildman–Crippen LogP) is 15.9. The standard InChI is InChI=1S/C27H25F2N3O4S.C27H25F2N3O2S.C26H23F2N3O4S.C5H10O.2H2O/c1-18-14-24(21-15-23(29)26(35-2)30-16-21)32-27(31-18)37(33,34)13-12-25(19-8-4-3-5-9-19)36-17-20-10-6-7-11-22(20)28;1-18-14-24(21-15-23(29)26(33-2)30-16-21)32-27(31-18)35-13-12-25(19-8-4-3-5-9-19)34-17-20-10-6-7-11-22(20)28;1-17-13-23(20-14-22(28)25(32)29-15-20)31-26(30-17)36(33,34)12-11-24(18-7-3-2-4-8-18)35-16-19-9-5-6-10-21(19)27;1-5-3-2-4-6-5;;/h3-11,14-16,25H,12-13,17H2,1-2H3;3-11,14-16,25H,12-13,17H2,1-2H3;2-10,13-15,24H,11-12,16H2,1H3,(H,29,32);5H,2-4H2,1H3;2*1H2. The summed E-state index contributed by atoms with van der Waals surface area (Å²) in [6, 6.07) is 55.5. The second-order valence-corrected chi connectivity index (χ2v) is 31.2. The van der Waals surface area contributed by atoms with Crippen molar-refractivity contribution in [2.45, 2.75) is 120 Å². The third-order valence-corrected chi connectivity index (χ3v) is 21.5. The van der Waals surface area contributed by atoms with Gasteiger partial charge in [-0.2, -0.15) is 0 Å². The Bertz CT molecular complexity index is 5470. The highest BCUT2D eigenvalue weighted by molar-refractivity contribution is 7.99. The van der Waals surface area contributed by atoms with Crippen molar-refractivity contribution in [1.29, 1.82) is 0 Å². The minimum absolute atomic E-state index is 0. The van der Waals surface area contributed by atoms with E-state index in [1.54, 1.807) is 80.6 Å². The molecule has 12 aromatic rings. The van der Waals surface area contributed by atoms with Crippen LogP contribution in [0.25, 0.3) is 33.8 Å². The van der Waals surface area contributed by atoms with Crippen LogP contribution in [0.1, 0.15) is 108 Å². The maximum absolute atomic E-state index is 14.2. The first-order chi connectivity index (χ1) is 54.9. The Labute approximate surface area is 672 Å². The number of benzene rings is 6. The van der Waals surface area contributed by atoms with E-state index in [0.717, 1.165) is 35.1 Å². The van der Waals surface area contributed by atoms with Crippen molar-refractivity contribution in [3.05, 3.63) is 315 Å². The predicted molar refractivity (Wildman–Crippen MR) is 427 cm³/mol. The van der Waals surface area contributed by atoms with Crippen molar-refractivity contribution in [2.75, 3.05) is 38.1 Å². The Balaban J connectivity index is 0.000000207. The van der Waals surface area contributed by atoms with E-state index < -0.39 is 71.7 Å². The molecule has 0 aliphatic carbocycles. The Morgan fingerprint density at radius 3 is 1.20 bits per heavy atom. The zero-order chi connectivity index (χ0) is 81.2. The van der Waals surface area contributed by atoms with Crippen molar-refractivity contribution in [3.8, 4) is 45.5 Å². The van der Waals surface area contributed by atoms with Crippen LogP contribution in [0.3, 0.4) is 0 Å². The number of aromatic nitrogens is 9. The van der Waals surface area contributed by atoms with Gasteiger partial charge in [-0.05, 0) is 131 Å². The summed E-state index contributed by atoms with van der Waals surface area (Å²) in [5.74, 6) is -3.55. The van der Waals surface area contributed by atoms with Crippen molar-refractivity contribution in [3.63, 3.8) is 0 Å². The number of aromatic amines is 1. The van der Waals surface area contributed by atoms with Gasteiger partial charge in [0, 0.05) is 81.4 Å². The van der Waals surface area contributed by atoms with Gasteiger partial charge in [0.25, 0.3) is 5.56 Å². The van der Waals surface area contributed by atoms with Crippen LogP contribution in [-0.4, -0.2) is 117 Å². The number of nitrogens with one attached hydrogen (secondary N) is 1. The number of aryl methyl sites for hydroxylation is 3. The summed E-state index contributed by atoms with van der Waals surface area (Å²) in [6.45, 7) is 8.32. The summed E-state index contributed by atoms with van der Waals surface area (Å²) in [5.41, 5.74) is 6.44. The van der Waals surface area contributed by atoms with E-state index in [1.807, 2.05) is 97.9 Å². The molecule has 22 nitrogen and oxygen atoms in total. The molecule has 6 aromatic carbocycles. The van der Waals surface area contributed by atoms with Gasteiger partial charge in [-0.15, -0.1) is 0 Å². The van der Waals surface area contributed by atoms with Crippen LogP contribution in [0, 0.1) is 55.7 Å². The van der Waals surface area contributed by atoms with Crippen LogP contribution >= 0.6 is 11.8 Å². The molecule has 1 fully saturated rings. The second kappa shape index (κ2) is 44.2. The number of sulfone groups is 2. The highest BCUT2D eigenvalue weighted by atomic mass is 32.2. The smallest absolute Gasteiger partial charge is 0.283 e. The molecule has 4 unspecified atom stereocenters. The quantitative estimate of drug-likeness (QED) is 0.0258. The Morgan fingerprint density at radius 2 is 0.836 bits per heavy atom. The monoisotopic (exact) mass is 1650 g/mol. The van der Waals surface area contributed by atoms with Crippen LogP contribution < -0.4 is 15.0 Å². The van der Waals surface area contributed by atoms with Crippen molar-refractivity contribution in [2.24, 2.45) is 0 Å². The lowest BCUT2D eigenvalue weighted by Gasteiger charge is -2.19. The lowest BCUT2D eigenvalue weighted by atomic mass is 10.1. The molecule has 1 aliphatic rings. The highest BCUT2D eigenvalue weighted by Gasteiger charge is 2.27. The fourth-order valence-corrected chi connectivity index (χ4v) is 14.9. The first-order valence-corrected chi connectivity index (χ1v) is 40.5. The zero-order valence-corrected chi connectivity index (χ0v) is 66.6. The van der Waals surface area contributed by atoms with Crippen LogP contribution in [-0.2, 0) is 58.4 Å². The maximum Gasteiger partial charge on any atom is 0.283 e. The number of ether oxygens (including phenoxy) is 6. The minimum atomic E-state index is -3.97. The topological polar surface area (TPSA) is 323 Å². The molecule has 5 N–H and O–H groups in total. The van der Waals surface area contributed by atoms with E-state index in [1.165, 1.54) is 93.8 Å². The fraction of sp³-hybridized carbons (Fsp3) is 0.259. The lowest BCUT2D eigenvalue weighted by Crippen LogP contribution is -2.16. The van der Waals surface area contributed by atoms with E-state index in [4.69, 9.17) is 28.4 Å². The third-order valence-electron chi connectivity index (χ3n) is 17.6. The molecule has 610 valence electrons. The molecule has 1 saturated heterocycles. The number of nitrogens with zero attached hydrogens (tertiary/aromatic N) is 8. The maximum atomic E-state index is 14.2. The number of hydrogen-bond acceptors (Lipinski definition) is 20. The van der Waals surface area contributed by atoms with Crippen molar-refractivity contribution >= 4 is 31.4 Å². The minimum Gasteiger partial charge on any atom is -0.479 e. The van der Waals surface area contributed by atoms with Crippen LogP contribution in [0.15, 0.2) is 239 Å². The average Bonchev–Trinajstić information content (AvgIpc) is 0.889. The number of hydrogen-bond donors (Lipinski definition) is 1. The van der Waals surface area contributed by atoms with Gasteiger partial charge in [0.15, 0.2) is 22.6 Å². The summed E-state index contributed by atoms with van der Waals surface area (Å²) in [4.78, 5) is 47.1. The van der Waals surface area contributed by atoms with Gasteiger partial charge in [0.1, 0.15) is 17.5 Å². The van der Waals surface area contributed by atoms with Crippen LogP contribution in [0.4, 0.5) is 26.3 Å². The Morgan fingerprint density at radius 1 is 0.466 bits per heavy atom. The number of thioether (sulfide) groups is 1. The van der Waals surface area contributed by atoms with Crippen molar-refractivity contribution in [1.82, 2.24) is 44.9 Å². The zero-order valence-electron chi connectivity index (χ0n) is 64.1. The van der Waals surface area contributed by atoms with Gasteiger partial charge in [-0.1, -0.05) is 157 Å². The average molecular weight is 1650 g/mol. The molecule has 6 aromatic heterocycles. The van der Waals surface area contributed by atoms with Gasteiger partial charge < -0.3 is 44.4 Å². The molecule has 13 rings (SSSR count). The summed E-state index contributed by atoms with van der Waals surface area (Å²) in [6.07, 6.45) is 6.59. The first kappa shape index (κ1) is 90.5. The van der Waals surface area contributed by atoms with E-state index in [-0.39, 0.29) is 106 Å². The van der Waals surface area contributed by atoms with Gasteiger partial charge in [0.05, 0.1) is 87.0 Å². The normalized spacial score (nSPS) is 13.2. The SMILES string of the molecule is CC1CCCO1.COc1ncc(-c2cc(C)nc(S(=O)(=O)CCC(OCc3ccccc3F)c3ccccc3)n2)cc1F.COc1ncc(-c2cc(C)nc(SCCC(OCc3ccccc3F)c3ccccc3)n2)cc1F.Cc1cc(-c2c[nH]c(=O)c(F)c2)nc(S(=O)(=O)CCC(OCc2ccccc2F)c2ccccc2)n1.O.O. The molecule has 1 aliphatic heterocycles. The molecule has 0 spiro atoms. The van der Waals surface area contributed by atoms with E-state index in [2.05, 4.69) is 51.8 Å². The molecule has 0 bridgehead atoms.